The Kier molecular flexibility index (Phi) is 4.92. The van der Waals surface area contributed by atoms with Crippen LogP contribution in [0.25, 0.3) is 10.9 Å². The van der Waals surface area contributed by atoms with Crippen molar-refractivity contribution in [1.82, 2.24) is 9.88 Å². The van der Waals surface area contributed by atoms with Gasteiger partial charge in [-0.3, -0.25) is 4.79 Å². The van der Waals surface area contributed by atoms with E-state index < -0.39 is 0 Å². The van der Waals surface area contributed by atoms with Crippen molar-refractivity contribution >= 4 is 16.8 Å². The van der Waals surface area contributed by atoms with Gasteiger partial charge in [-0.1, -0.05) is 24.3 Å². The molecule has 3 heterocycles. The standard InChI is InChI=1S/C21H26N2O3/c1-25-14-17-15-26-13-10-21(17)8-11-23(12-9-21)20(24)19-7-6-16-4-2-3-5-18(16)22-19/h2-7,17H,8-15H2,1H3. The summed E-state index contributed by atoms with van der Waals surface area (Å²) in [5.74, 6) is 0.471. The Morgan fingerprint density at radius 3 is 2.85 bits per heavy atom. The Bertz CT molecular complexity index is 782. The van der Waals surface area contributed by atoms with Crippen LogP contribution in [-0.4, -0.2) is 55.8 Å². The van der Waals surface area contributed by atoms with Gasteiger partial charge in [-0.25, -0.2) is 4.98 Å². The van der Waals surface area contributed by atoms with E-state index in [1.165, 1.54) is 0 Å². The molecule has 1 atom stereocenters. The van der Waals surface area contributed by atoms with Crippen LogP contribution in [-0.2, 0) is 9.47 Å². The summed E-state index contributed by atoms with van der Waals surface area (Å²) in [6, 6.07) is 11.7. The van der Waals surface area contributed by atoms with Gasteiger partial charge in [-0.2, -0.15) is 0 Å². The van der Waals surface area contributed by atoms with Crippen molar-refractivity contribution < 1.29 is 14.3 Å². The molecule has 2 aliphatic heterocycles. The summed E-state index contributed by atoms with van der Waals surface area (Å²) in [5, 5.41) is 1.06. The van der Waals surface area contributed by atoms with Gasteiger partial charge in [-0.05, 0) is 36.8 Å². The Morgan fingerprint density at radius 2 is 2.04 bits per heavy atom. The van der Waals surface area contributed by atoms with Crippen LogP contribution >= 0.6 is 0 Å². The highest BCUT2D eigenvalue weighted by atomic mass is 16.5. The van der Waals surface area contributed by atoms with E-state index in [0.29, 0.717) is 11.6 Å². The highest BCUT2D eigenvalue weighted by Crippen LogP contribution is 2.44. The van der Waals surface area contributed by atoms with Gasteiger partial charge >= 0.3 is 0 Å². The summed E-state index contributed by atoms with van der Waals surface area (Å²) in [7, 11) is 1.76. The molecule has 2 aromatic rings. The maximum atomic E-state index is 12.9. The number of amides is 1. The molecule has 2 fully saturated rings. The van der Waals surface area contributed by atoms with Crippen LogP contribution in [0, 0.1) is 11.3 Å². The number of pyridine rings is 1. The number of piperidine rings is 1. The van der Waals surface area contributed by atoms with E-state index in [-0.39, 0.29) is 11.3 Å². The molecular formula is C21H26N2O3. The third-order valence-corrected chi connectivity index (χ3v) is 6.16. The molecule has 2 saturated heterocycles. The first-order valence-corrected chi connectivity index (χ1v) is 9.44. The van der Waals surface area contributed by atoms with Gasteiger partial charge in [-0.15, -0.1) is 0 Å². The molecule has 2 aliphatic rings. The summed E-state index contributed by atoms with van der Waals surface area (Å²) in [6.07, 6.45) is 3.10. The first-order valence-electron chi connectivity index (χ1n) is 9.44. The van der Waals surface area contributed by atoms with E-state index in [2.05, 4.69) is 4.98 Å². The van der Waals surface area contributed by atoms with Crippen LogP contribution in [0.5, 0.6) is 0 Å². The zero-order valence-electron chi connectivity index (χ0n) is 15.3. The number of fused-ring (bicyclic) bond motifs is 1. The van der Waals surface area contributed by atoms with Crippen LogP contribution in [0.4, 0.5) is 0 Å². The van der Waals surface area contributed by atoms with Crippen molar-refractivity contribution in [2.75, 3.05) is 40.0 Å². The molecule has 1 unspecified atom stereocenters. The van der Waals surface area contributed by atoms with E-state index in [9.17, 15) is 4.79 Å². The van der Waals surface area contributed by atoms with Crippen LogP contribution in [0.1, 0.15) is 29.8 Å². The minimum absolute atomic E-state index is 0.0426. The normalized spacial score (nSPS) is 22.7. The van der Waals surface area contributed by atoms with Gasteiger partial charge in [0.05, 0.1) is 18.7 Å². The third-order valence-electron chi connectivity index (χ3n) is 6.16. The zero-order valence-corrected chi connectivity index (χ0v) is 15.3. The van der Waals surface area contributed by atoms with E-state index in [0.717, 1.165) is 63.1 Å². The topological polar surface area (TPSA) is 51.7 Å². The second-order valence-corrected chi connectivity index (χ2v) is 7.52. The predicted molar refractivity (Wildman–Crippen MR) is 100 cm³/mol. The lowest BCUT2D eigenvalue weighted by atomic mass is 9.66. The van der Waals surface area contributed by atoms with Gasteiger partial charge < -0.3 is 14.4 Å². The Balaban J connectivity index is 1.47. The van der Waals surface area contributed by atoms with Crippen LogP contribution in [0.3, 0.4) is 0 Å². The van der Waals surface area contributed by atoms with Gasteiger partial charge in [0.2, 0.25) is 0 Å². The van der Waals surface area contributed by atoms with E-state index >= 15 is 0 Å². The van der Waals surface area contributed by atoms with Crippen LogP contribution < -0.4 is 0 Å². The number of ether oxygens (including phenoxy) is 2. The van der Waals surface area contributed by atoms with Gasteiger partial charge in [0.1, 0.15) is 5.69 Å². The lowest BCUT2D eigenvalue weighted by Crippen LogP contribution is -2.50. The summed E-state index contributed by atoms with van der Waals surface area (Å²) in [4.78, 5) is 19.5. The van der Waals surface area contributed by atoms with E-state index in [4.69, 9.17) is 9.47 Å². The van der Waals surface area contributed by atoms with Crippen molar-refractivity contribution in [2.24, 2.45) is 11.3 Å². The molecule has 5 heteroatoms. The van der Waals surface area contributed by atoms with Crippen molar-refractivity contribution in [2.45, 2.75) is 19.3 Å². The van der Waals surface area contributed by atoms with Gasteiger partial charge in [0.15, 0.2) is 0 Å². The minimum atomic E-state index is 0.0426. The number of rotatable bonds is 3. The van der Waals surface area contributed by atoms with Crippen molar-refractivity contribution in [3.05, 3.63) is 42.1 Å². The number of methoxy groups -OCH3 is 1. The third kappa shape index (κ3) is 3.21. The maximum absolute atomic E-state index is 12.9. The lowest BCUT2D eigenvalue weighted by Gasteiger charge is -2.48. The number of carbonyl (C=O) groups is 1. The van der Waals surface area contributed by atoms with E-state index in [1.54, 1.807) is 7.11 Å². The predicted octanol–water partition coefficient (Wildman–Crippen LogP) is 3.14. The molecule has 1 aromatic carbocycles. The molecule has 1 spiro atoms. The number of aromatic nitrogens is 1. The summed E-state index contributed by atoms with van der Waals surface area (Å²) < 4.78 is 11.1. The molecule has 1 aromatic heterocycles. The smallest absolute Gasteiger partial charge is 0.272 e. The molecule has 0 bridgehead atoms. The van der Waals surface area contributed by atoms with Gasteiger partial charge in [0.25, 0.3) is 5.91 Å². The Hall–Kier alpha value is -1.98. The lowest BCUT2D eigenvalue weighted by molar-refractivity contribution is -0.0912. The SMILES string of the molecule is COCC1COCCC12CCN(C(=O)c1ccc3ccccc3n1)CC2. The first-order chi connectivity index (χ1) is 12.7. The highest BCUT2D eigenvalue weighted by molar-refractivity contribution is 5.95. The average molecular weight is 354 g/mol. The van der Waals surface area contributed by atoms with Gasteiger partial charge in [0, 0.05) is 38.1 Å². The molecule has 0 saturated carbocycles. The molecule has 0 radical (unpaired) electrons. The number of para-hydroxylation sites is 1. The molecule has 1 amide bonds. The zero-order chi connectivity index (χ0) is 18.0. The summed E-state index contributed by atoms with van der Waals surface area (Å²) in [6.45, 7) is 3.90. The molecule has 4 rings (SSSR count). The fourth-order valence-electron chi connectivity index (χ4n) is 4.47. The number of likely N-dealkylation sites (tertiary alicyclic amines) is 1. The second kappa shape index (κ2) is 7.33. The first kappa shape index (κ1) is 17.4. The molecule has 26 heavy (non-hydrogen) atoms. The maximum Gasteiger partial charge on any atom is 0.272 e. The van der Waals surface area contributed by atoms with Crippen molar-refractivity contribution in [3.8, 4) is 0 Å². The largest absolute Gasteiger partial charge is 0.384 e. The number of nitrogens with zero attached hydrogens (tertiary/aromatic N) is 2. The number of hydrogen-bond acceptors (Lipinski definition) is 4. The quantitative estimate of drug-likeness (QED) is 0.850. The monoisotopic (exact) mass is 354 g/mol. The molecule has 138 valence electrons. The highest BCUT2D eigenvalue weighted by Gasteiger charge is 2.44. The molecule has 0 aliphatic carbocycles. The average Bonchev–Trinajstić information content (AvgIpc) is 2.70. The molecular weight excluding hydrogens is 328 g/mol. The van der Waals surface area contributed by atoms with Crippen LogP contribution in [0.2, 0.25) is 0 Å². The Morgan fingerprint density at radius 1 is 1.23 bits per heavy atom. The Labute approximate surface area is 154 Å². The fourth-order valence-corrected chi connectivity index (χ4v) is 4.47. The number of carbonyl (C=O) groups excluding carboxylic acids is 1. The fraction of sp³-hybridized carbons (Fsp3) is 0.524. The summed E-state index contributed by atoms with van der Waals surface area (Å²) in [5.41, 5.74) is 1.67. The minimum Gasteiger partial charge on any atom is -0.384 e. The second-order valence-electron chi connectivity index (χ2n) is 7.52. The number of benzene rings is 1. The van der Waals surface area contributed by atoms with E-state index in [1.807, 2.05) is 41.3 Å². The molecule has 0 N–H and O–H groups in total. The van der Waals surface area contributed by atoms with Crippen molar-refractivity contribution in [3.63, 3.8) is 0 Å². The number of hydrogen-bond donors (Lipinski definition) is 0. The van der Waals surface area contributed by atoms with Crippen LogP contribution in [0.15, 0.2) is 36.4 Å². The molecule has 5 nitrogen and oxygen atoms in total. The summed E-state index contributed by atoms with van der Waals surface area (Å²) >= 11 is 0. The van der Waals surface area contributed by atoms with Crippen molar-refractivity contribution in [1.29, 1.82) is 0 Å².